The highest BCUT2D eigenvalue weighted by Gasteiger charge is 2.18. The molecular formula is C10H16N4. The smallest absolute Gasteiger partial charge is 0.151 e. The zero-order valence-electron chi connectivity index (χ0n) is 8.48. The van der Waals surface area contributed by atoms with E-state index in [0.29, 0.717) is 6.04 Å². The van der Waals surface area contributed by atoms with Crippen LogP contribution < -0.4 is 10.2 Å². The van der Waals surface area contributed by atoms with Gasteiger partial charge in [-0.3, -0.25) is 0 Å². The Morgan fingerprint density at radius 2 is 2.21 bits per heavy atom. The molecule has 2 heterocycles. The van der Waals surface area contributed by atoms with Crippen molar-refractivity contribution in [3.8, 4) is 0 Å². The monoisotopic (exact) mass is 192 g/mol. The highest BCUT2D eigenvalue weighted by atomic mass is 15.3. The average molecular weight is 192 g/mol. The fourth-order valence-corrected chi connectivity index (χ4v) is 1.86. The van der Waals surface area contributed by atoms with Crippen LogP contribution in [0, 0.1) is 0 Å². The van der Waals surface area contributed by atoms with Crippen LogP contribution in [0.25, 0.3) is 0 Å². The molecule has 4 heteroatoms. The van der Waals surface area contributed by atoms with E-state index in [4.69, 9.17) is 0 Å². The third kappa shape index (κ3) is 2.01. The summed E-state index contributed by atoms with van der Waals surface area (Å²) >= 11 is 0. The van der Waals surface area contributed by atoms with Crippen LogP contribution >= 0.6 is 0 Å². The maximum Gasteiger partial charge on any atom is 0.151 e. The van der Waals surface area contributed by atoms with Crippen LogP contribution in [-0.4, -0.2) is 36.4 Å². The molecule has 14 heavy (non-hydrogen) atoms. The number of aromatic nitrogens is 2. The lowest BCUT2D eigenvalue weighted by Gasteiger charge is -2.31. The number of anilines is 1. The van der Waals surface area contributed by atoms with Gasteiger partial charge in [-0.2, -0.15) is 5.10 Å². The van der Waals surface area contributed by atoms with Gasteiger partial charge in [0.1, 0.15) is 0 Å². The van der Waals surface area contributed by atoms with Gasteiger partial charge < -0.3 is 10.2 Å². The van der Waals surface area contributed by atoms with E-state index in [1.54, 1.807) is 6.20 Å². The Balaban J connectivity index is 2.03. The number of hydrogen-bond donors (Lipinski definition) is 1. The first-order chi connectivity index (χ1) is 6.88. The summed E-state index contributed by atoms with van der Waals surface area (Å²) in [6.45, 7) is 2.21. The summed E-state index contributed by atoms with van der Waals surface area (Å²) in [7, 11) is 2.10. The number of nitrogens with one attached hydrogen (secondary N) is 1. The van der Waals surface area contributed by atoms with Crippen molar-refractivity contribution in [1.82, 2.24) is 15.5 Å². The lowest BCUT2D eigenvalue weighted by atomic mass is 10.1. The molecule has 0 aliphatic carbocycles. The SMILES string of the molecule is CN(c1cccnn1)C1CCNCC1. The van der Waals surface area contributed by atoms with Crippen molar-refractivity contribution in [1.29, 1.82) is 0 Å². The Labute approximate surface area is 84.3 Å². The molecule has 0 atom stereocenters. The molecule has 1 aliphatic heterocycles. The van der Waals surface area contributed by atoms with E-state index < -0.39 is 0 Å². The summed E-state index contributed by atoms with van der Waals surface area (Å²) in [5, 5.41) is 11.4. The fourth-order valence-electron chi connectivity index (χ4n) is 1.86. The molecule has 0 amide bonds. The minimum Gasteiger partial charge on any atom is -0.355 e. The number of nitrogens with zero attached hydrogens (tertiary/aromatic N) is 3. The second-order valence-corrected chi connectivity index (χ2v) is 3.67. The van der Waals surface area contributed by atoms with Crippen molar-refractivity contribution < 1.29 is 0 Å². The van der Waals surface area contributed by atoms with E-state index in [9.17, 15) is 0 Å². The Hall–Kier alpha value is -1.16. The number of hydrogen-bond acceptors (Lipinski definition) is 4. The van der Waals surface area contributed by atoms with Gasteiger partial charge in [0.05, 0.1) is 0 Å². The highest BCUT2D eigenvalue weighted by molar-refractivity contribution is 5.36. The third-order valence-corrected chi connectivity index (χ3v) is 2.78. The number of rotatable bonds is 2. The van der Waals surface area contributed by atoms with Crippen LogP contribution in [0.15, 0.2) is 18.3 Å². The predicted octanol–water partition coefficient (Wildman–Crippen LogP) is 0.665. The van der Waals surface area contributed by atoms with Crippen LogP contribution in [0.4, 0.5) is 5.82 Å². The van der Waals surface area contributed by atoms with Crippen molar-refractivity contribution in [2.45, 2.75) is 18.9 Å². The third-order valence-electron chi connectivity index (χ3n) is 2.78. The average Bonchev–Trinajstić information content (AvgIpc) is 2.30. The fraction of sp³-hybridized carbons (Fsp3) is 0.600. The molecule has 76 valence electrons. The molecule has 1 aromatic heterocycles. The van der Waals surface area contributed by atoms with E-state index in [1.807, 2.05) is 12.1 Å². The summed E-state index contributed by atoms with van der Waals surface area (Å²) in [5.74, 6) is 0.972. The van der Waals surface area contributed by atoms with Gasteiger partial charge in [0, 0.05) is 19.3 Å². The summed E-state index contributed by atoms with van der Waals surface area (Å²) in [5.41, 5.74) is 0. The summed E-state index contributed by atoms with van der Waals surface area (Å²) in [4.78, 5) is 2.23. The summed E-state index contributed by atoms with van der Waals surface area (Å²) in [6.07, 6.45) is 4.08. The zero-order chi connectivity index (χ0) is 9.80. The highest BCUT2D eigenvalue weighted by Crippen LogP contribution is 2.16. The second kappa shape index (κ2) is 4.37. The first kappa shape index (κ1) is 9.40. The maximum absolute atomic E-state index is 4.11. The normalized spacial score (nSPS) is 18.1. The Kier molecular flexibility index (Phi) is 2.93. The van der Waals surface area contributed by atoms with Crippen molar-refractivity contribution in [3.63, 3.8) is 0 Å². The van der Waals surface area contributed by atoms with E-state index >= 15 is 0 Å². The van der Waals surface area contributed by atoms with Crippen LogP contribution in [0.2, 0.25) is 0 Å². The van der Waals surface area contributed by atoms with Crippen LogP contribution in [0.5, 0.6) is 0 Å². The molecule has 0 saturated carbocycles. The van der Waals surface area contributed by atoms with Crippen LogP contribution in [0.3, 0.4) is 0 Å². The van der Waals surface area contributed by atoms with Gasteiger partial charge in [0.15, 0.2) is 5.82 Å². The lowest BCUT2D eigenvalue weighted by Crippen LogP contribution is -2.41. The van der Waals surface area contributed by atoms with Gasteiger partial charge >= 0.3 is 0 Å². The molecule has 0 unspecified atom stereocenters. The predicted molar refractivity (Wildman–Crippen MR) is 56.3 cm³/mol. The first-order valence-electron chi connectivity index (χ1n) is 5.09. The first-order valence-corrected chi connectivity index (χ1v) is 5.09. The Morgan fingerprint density at radius 3 is 2.86 bits per heavy atom. The molecule has 2 rings (SSSR count). The van der Waals surface area contributed by atoms with Crippen LogP contribution in [-0.2, 0) is 0 Å². The van der Waals surface area contributed by atoms with Crippen molar-refractivity contribution >= 4 is 5.82 Å². The van der Waals surface area contributed by atoms with E-state index in [2.05, 4.69) is 27.5 Å². The molecule has 0 bridgehead atoms. The van der Waals surface area contributed by atoms with Gasteiger partial charge in [0.2, 0.25) is 0 Å². The van der Waals surface area contributed by atoms with Crippen molar-refractivity contribution in [2.24, 2.45) is 0 Å². The quantitative estimate of drug-likeness (QED) is 0.747. The molecule has 1 saturated heterocycles. The van der Waals surface area contributed by atoms with Gasteiger partial charge in [-0.1, -0.05) is 0 Å². The van der Waals surface area contributed by atoms with Crippen LogP contribution in [0.1, 0.15) is 12.8 Å². The van der Waals surface area contributed by atoms with Gasteiger partial charge in [-0.15, -0.1) is 5.10 Å². The molecule has 1 aromatic rings. The number of piperidine rings is 1. The minimum absolute atomic E-state index is 0.605. The van der Waals surface area contributed by atoms with Crippen molar-refractivity contribution in [2.75, 3.05) is 25.0 Å². The Bertz CT molecular complexity index is 269. The van der Waals surface area contributed by atoms with Crippen molar-refractivity contribution in [3.05, 3.63) is 18.3 Å². The summed E-state index contributed by atoms with van der Waals surface area (Å²) in [6, 6.07) is 4.54. The molecule has 1 aliphatic rings. The Morgan fingerprint density at radius 1 is 1.43 bits per heavy atom. The molecule has 1 N–H and O–H groups in total. The zero-order valence-corrected chi connectivity index (χ0v) is 8.48. The van der Waals surface area contributed by atoms with Gasteiger partial charge in [0.25, 0.3) is 0 Å². The maximum atomic E-state index is 4.11. The van der Waals surface area contributed by atoms with Gasteiger partial charge in [-0.25, -0.2) is 0 Å². The van der Waals surface area contributed by atoms with E-state index in [-0.39, 0.29) is 0 Å². The molecule has 0 spiro atoms. The standard InChI is InChI=1S/C10H16N4/c1-14(9-4-7-11-8-5-9)10-3-2-6-12-13-10/h2-3,6,9,11H,4-5,7-8H2,1H3. The molecular weight excluding hydrogens is 176 g/mol. The second-order valence-electron chi connectivity index (χ2n) is 3.67. The largest absolute Gasteiger partial charge is 0.355 e. The van der Waals surface area contributed by atoms with Gasteiger partial charge in [-0.05, 0) is 38.1 Å². The topological polar surface area (TPSA) is 41.1 Å². The van der Waals surface area contributed by atoms with E-state index in [0.717, 1.165) is 18.9 Å². The lowest BCUT2D eigenvalue weighted by molar-refractivity contribution is 0.441. The molecule has 4 nitrogen and oxygen atoms in total. The molecule has 0 radical (unpaired) electrons. The molecule has 0 aromatic carbocycles. The summed E-state index contributed by atoms with van der Waals surface area (Å²) < 4.78 is 0. The van der Waals surface area contributed by atoms with E-state index in [1.165, 1.54) is 12.8 Å². The minimum atomic E-state index is 0.605. The molecule has 1 fully saturated rings.